The lowest BCUT2D eigenvalue weighted by atomic mass is 10.1. The molecular weight excluding hydrogens is 354 g/mol. The average Bonchev–Trinajstić information content (AvgIpc) is 3.21. The van der Waals surface area contributed by atoms with Gasteiger partial charge in [-0.25, -0.2) is 0 Å². The first-order valence-corrected chi connectivity index (χ1v) is 9.01. The molecule has 3 aromatic rings. The minimum absolute atomic E-state index is 0.250. The third-order valence-corrected chi connectivity index (χ3v) is 4.20. The fourth-order valence-corrected chi connectivity index (χ4v) is 2.71. The van der Waals surface area contributed by atoms with E-state index in [0.29, 0.717) is 12.3 Å². The van der Waals surface area contributed by atoms with Gasteiger partial charge in [0.15, 0.2) is 5.76 Å². The fraction of sp³-hybridized carbons (Fsp3) is 0.174. The second-order valence-corrected chi connectivity index (χ2v) is 6.19. The van der Waals surface area contributed by atoms with E-state index in [1.807, 2.05) is 54.6 Å². The normalized spacial score (nSPS) is 10.3. The zero-order valence-corrected chi connectivity index (χ0v) is 15.8. The third-order valence-electron chi connectivity index (χ3n) is 4.20. The summed E-state index contributed by atoms with van der Waals surface area (Å²) in [5, 5.41) is 2.84. The van der Waals surface area contributed by atoms with Crippen molar-refractivity contribution in [1.82, 2.24) is 5.32 Å². The number of hydrogen-bond acceptors (Lipinski definition) is 4. The van der Waals surface area contributed by atoms with Crippen molar-refractivity contribution in [3.63, 3.8) is 0 Å². The number of allylic oxidation sites excluding steroid dienone is 1. The molecule has 0 bridgehead atoms. The molecule has 0 unspecified atom stereocenters. The van der Waals surface area contributed by atoms with Gasteiger partial charge in [0, 0.05) is 6.54 Å². The van der Waals surface area contributed by atoms with Crippen molar-refractivity contribution in [3.05, 3.63) is 96.0 Å². The molecule has 0 aliphatic heterocycles. The van der Waals surface area contributed by atoms with E-state index >= 15 is 0 Å². The van der Waals surface area contributed by atoms with Gasteiger partial charge in [-0.05, 0) is 47.9 Å². The summed E-state index contributed by atoms with van der Waals surface area (Å²) in [5.74, 6) is 2.13. The van der Waals surface area contributed by atoms with Crippen molar-refractivity contribution >= 4 is 5.91 Å². The molecule has 0 atom stereocenters. The number of hydrogen-bond donors (Lipinski definition) is 1. The maximum absolute atomic E-state index is 12.3. The highest BCUT2D eigenvalue weighted by atomic mass is 16.5. The van der Waals surface area contributed by atoms with Gasteiger partial charge in [0.05, 0.1) is 7.11 Å². The van der Waals surface area contributed by atoms with Gasteiger partial charge in [-0.15, -0.1) is 6.58 Å². The topological polar surface area (TPSA) is 60.7 Å². The molecule has 0 saturated heterocycles. The molecule has 28 heavy (non-hydrogen) atoms. The van der Waals surface area contributed by atoms with Gasteiger partial charge in [-0.1, -0.05) is 36.4 Å². The van der Waals surface area contributed by atoms with Crippen LogP contribution in [0.4, 0.5) is 0 Å². The summed E-state index contributed by atoms with van der Waals surface area (Å²) in [7, 11) is 1.62. The summed E-state index contributed by atoms with van der Waals surface area (Å²) < 4.78 is 16.6. The Morgan fingerprint density at radius 3 is 2.64 bits per heavy atom. The Bertz CT molecular complexity index is 928. The third kappa shape index (κ3) is 5.04. The SMILES string of the molecule is C=CCc1ccccc1OCc1ccc(C(=O)NCc2ccc(OC)cc2)o1. The quantitative estimate of drug-likeness (QED) is 0.557. The van der Waals surface area contributed by atoms with Gasteiger partial charge in [0.2, 0.25) is 0 Å². The molecule has 0 radical (unpaired) electrons. The van der Waals surface area contributed by atoms with Gasteiger partial charge in [0.25, 0.3) is 5.91 Å². The molecule has 0 saturated carbocycles. The second-order valence-electron chi connectivity index (χ2n) is 6.19. The Morgan fingerprint density at radius 2 is 1.89 bits per heavy atom. The van der Waals surface area contributed by atoms with E-state index in [4.69, 9.17) is 13.9 Å². The van der Waals surface area contributed by atoms with Crippen LogP contribution in [-0.4, -0.2) is 13.0 Å². The Balaban J connectivity index is 1.54. The van der Waals surface area contributed by atoms with Crippen molar-refractivity contribution in [1.29, 1.82) is 0 Å². The number of nitrogens with one attached hydrogen (secondary N) is 1. The Hall–Kier alpha value is -3.47. The van der Waals surface area contributed by atoms with Crippen LogP contribution >= 0.6 is 0 Å². The predicted molar refractivity (Wildman–Crippen MR) is 108 cm³/mol. The summed E-state index contributed by atoms with van der Waals surface area (Å²) >= 11 is 0. The van der Waals surface area contributed by atoms with Crippen molar-refractivity contribution in [2.75, 3.05) is 7.11 Å². The summed E-state index contributed by atoms with van der Waals surface area (Å²) in [6.45, 7) is 4.42. The van der Waals surface area contributed by atoms with Crippen molar-refractivity contribution in [2.45, 2.75) is 19.6 Å². The largest absolute Gasteiger partial charge is 0.497 e. The lowest BCUT2D eigenvalue weighted by Gasteiger charge is -2.09. The van der Waals surface area contributed by atoms with E-state index in [-0.39, 0.29) is 18.3 Å². The van der Waals surface area contributed by atoms with Crippen LogP contribution in [0.5, 0.6) is 11.5 Å². The molecule has 1 aromatic heterocycles. The Kier molecular flexibility index (Phi) is 6.52. The van der Waals surface area contributed by atoms with Gasteiger partial charge in [-0.3, -0.25) is 4.79 Å². The number of rotatable bonds is 9. The molecule has 1 amide bonds. The first-order valence-electron chi connectivity index (χ1n) is 9.01. The molecular formula is C23H23NO4. The summed E-state index contributed by atoms with van der Waals surface area (Å²) in [6.07, 6.45) is 2.56. The fourth-order valence-electron chi connectivity index (χ4n) is 2.71. The first-order chi connectivity index (χ1) is 13.7. The number of para-hydroxylation sites is 1. The van der Waals surface area contributed by atoms with Crippen molar-refractivity contribution < 1.29 is 18.7 Å². The number of furan rings is 1. The zero-order valence-electron chi connectivity index (χ0n) is 15.8. The lowest BCUT2D eigenvalue weighted by molar-refractivity contribution is 0.0919. The van der Waals surface area contributed by atoms with E-state index in [2.05, 4.69) is 11.9 Å². The molecule has 2 aromatic carbocycles. The maximum atomic E-state index is 12.3. The van der Waals surface area contributed by atoms with Crippen LogP contribution in [0.1, 0.15) is 27.4 Å². The minimum atomic E-state index is -0.269. The molecule has 5 heteroatoms. The highest BCUT2D eigenvalue weighted by Gasteiger charge is 2.12. The van der Waals surface area contributed by atoms with E-state index in [1.165, 1.54) is 0 Å². The van der Waals surface area contributed by atoms with E-state index in [0.717, 1.165) is 29.0 Å². The molecule has 0 fully saturated rings. The molecule has 3 rings (SSSR count). The molecule has 0 aliphatic rings. The number of carbonyl (C=O) groups excluding carboxylic acids is 1. The van der Waals surface area contributed by atoms with Crippen LogP contribution in [-0.2, 0) is 19.6 Å². The van der Waals surface area contributed by atoms with Crippen molar-refractivity contribution in [2.24, 2.45) is 0 Å². The van der Waals surface area contributed by atoms with E-state index in [1.54, 1.807) is 19.2 Å². The standard InChI is InChI=1S/C23H23NO4/c1-3-6-18-7-4-5-8-21(18)27-16-20-13-14-22(28-20)23(25)24-15-17-9-11-19(26-2)12-10-17/h3-5,7-14H,1,6,15-16H2,2H3,(H,24,25). The number of carbonyl (C=O) groups is 1. The van der Waals surface area contributed by atoms with Crippen LogP contribution in [0, 0.1) is 0 Å². The van der Waals surface area contributed by atoms with Crippen LogP contribution in [0.3, 0.4) is 0 Å². The predicted octanol–water partition coefficient (Wildman–Crippen LogP) is 4.53. The van der Waals surface area contributed by atoms with Crippen LogP contribution in [0.2, 0.25) is 0 Å². The van der Waals surface area contributed by atoms with Gasteiger partial charge in [-0.2, -0.15) is 0 Å². The van der Waals surface area contributed by atoms with E-state index in [9.17, 15) is 4.79 Å². The van der Waals surface area contributed by atoms with Crippen LogP contribution in [0.25, 0.3) is 0 Å². The number of benzene rings is 2. The molecule has 0 aliphatic carbocycles. The number of methoxy groups -OCH3 is 1. The van der Waals surface area contributed by atoms with Gasteiger partial charge >= 0.3 is 0 Å². The molecule has 0 spiro atoms. The minimum Gasteiger partial charge on any atom is -0.497 e. The number of ether oxygens (including phenoxy) is 2. The highest BCUT2D eigenvalue weighted by molar-refractivity contribution is 5.91. The van der Waals surface area contributed by atoms with Gasteiger partial charge < -0.3 is 19.2 Å². The average molecular weight is 377 g/mol. The Labute approximate surface area is 164 Å². The van der Waals surface area contributed by atoms with Crippen LogP contribution < -0.4 is 14.8 Å². The van der Waals surface area contributed by atoms with Crippen molar-refractivity contribution in [3.8, 4) is 11.5 Å². The molecule has 144 valence electrons. The maximum Gasteiger partial charge on any atom is 0.287 e. The Morgan fingerprint density at radius 1 is 1.11 bits per heavy atom. The first kappa shape index (κ1) is 19.3. The zero-order chi connectivity index (χ0) is 19.8. The summed E-state index contributed by atoms with van der Waals surface area (Å²) in [4.78, 5) is 12.3. The van der Waals surface area contributed by atoms with Crippen LogP contribution in [0.15, 0.2) is 77.7 Å². The number of amides is 1. The molecule has 1 N–H and O–H groups in total. The van der Waals surface area contributed by atoms with E-state index < -0.39 is 0 Å². The second kappa shape index (κ2) is 9.46. The smallest absolute Gasteiger partial charge is 0.287 e. The molecule has 5 nitrogen and oxygen atoms in total. The summed E-state index contributed by atoms with van der Waals surface area (Å²) in [6, 6.07) is 18.7. The monoisotopic (exact) mass is 377 g/mol. The summed E-state index contributed by atoms with van der Waals surface area (Å²) in [5.41, 5.74) is 2.03. The lowest BCUT2D eigenvalue weighted by Crippen LogP contribution is -2.22. The highest BCUT2D eigenvalue weighted by Crippen LogP contribution is 2.21. The van der Waals surface area contributed by atoms with Gasteiger partial charge in [0.1, 0.15) is 23.9 Å². The molecule has 1 heterocycles.